The predicted octanol–water partition coefficient (Wildman–Crippen LogP) is 9.43. The molecule has 1 fully saturated rings. The maximum absolute atomic E-state index is 13.7. The SMILES string of the molecule is CCOC(C)OC(CC)CCC(C)(OC(C)OCC)C(C=CC(C)C(=O)C(C)=CC=CC(C)(CC1OC1C(C)C(CC)OC(C)OCC)OC(C)OCC)OC(C)=O. The fraction of sp³-hybridized carbons (Fsp3) is 0.826. The number of Topliss-reactive ketones (excluding diaryl/α,β-unsaturated/α-hetero) is 1. The van der Waals surface area contributed by atoms with Crippen molar-refractivity contribution in [2.45, 2.75) is 210 Å². The van der Waals surface area contributed by atoms with E-state index in [1.807, 2.05) is 88.3 Å². The van der Waals surface area contributed by atoms with Crippen molar-refractivity contribution in [3.63, 3.8) is 0 Å². The molecule has 0 aromatic carbocycles. The number of hydrogen-bond acceptors (Lipinski definition) is 12. The summed E-state index contributed by atoms with van der Waals surface area (Å²) < 4.78 is 60.0. The first kappa shape index (κ1) is 54.0. The van der Waals surface area contributed by atoms with Crippen LogP contribution in [0.1, 0.15) is 143 Å². The van der Waals surface area contributed by atoms with Gasteiger partial charge in [-0.15, -0.1) is 0 Å². The van der Waals surface area contributed by atoms with Crippen molar-refractivity contribution in [2.75, 3.05) is 26.4 Å². The molecular formula is C46H82O12. The summed E-state index contributed by atoms with van der Waals surface area (Å²) in [6.45, 7) is 32.6. The van der Waals surface area contributed by atoms with E-state index in [9.17, 15) is 9.59 Å². The van der Waals surface area contributed by atoms with E-state index >= 15 is 0 Å². The molecule has 12 heteroatoms. The van der Waals surface area contributed by atoms with Crippen LogP contribution < -0.4 is 0 Å². The Bertz CT molecular complexity index is 1250. The molecular weight excluding hydrogens is 744 g/mol. The Morgan fingerprint density at radius 2 is 1.28 bits per heavy atom. The molecule has 12 nitrogen and oxygen atoms in total. The second-order valence-corrected chi connectivity index (χ2v) is 15.7. The average Bonchev–Trinajstić information content (AvgIpc) is 3.91. The van der Waals surface area contributed by atoms with Crippen LogP contribution in [0.15, 0.2) is 36.0 Å². The Balaban J connectivity index is 3.25. The number of hydrogen-bond donors (Lipinski definition) is 0. The summed E-state index contributed by atoms with van der Waals surface area (Å²) in [6, 6.07) is 0. The quantitative estimate of drug-likeness (QED) is 0.0156. The van der Waals surface area contributed by atoms with Crippen LogP contribution in [0.25, 0.3) is 0 Å². The van der Waals surface area contributed by atoms with Crippen LogP contribution in [0.4, 0.5) is 0 Å². The number of rotatable bonds is 33. The molecule has 0 N–H and O–H groups in total. The summed E-state index contributed by atoms with van der Waals surface area (Å²) in [5, 5.41) is 0. The zero-order chi connectivity index (χ0) is 44.1. The monoisotopic (exact) mass is 827 g/mol. The summed E-state index contributed by atoms with van der Waals surface area (Å²) >= 11 is 0. The fourth-order valence-corrected chi connectivity index (χ4v) is 7.33. The summed E-state index contributed by atoms with van der Waals surface area (Å²) in [5.74, 6) is -0.886. The van der Waals surface area contributed by atoms with E-state index in [1.165, 1.54) is 6.92 Å². The third-order valence-electron chi connectivity index (χ3n) is 10.4. The summed E-state index contributed by atoms with van der Waals surface area (Å²) in [4.78, 5) is 26.1. The Kier molecular flexibility index (Phi) is 25.9. The molecule has 0 aromatic heterocycles. The van der Waals surface area contributed by atoms with Crippen LogP contribution >= 0.6 is 0 Å². The lowest BCUT2D eigenvalue weighted by Gasteiger charge is -2.38. The van der Waals surface area contributed by atoms with Gasteiger partial charge < -0.3 is 47.4 Å². The van der Waals surface area contributed by atoms with Gasteiger partial charge in [-0.05, 0) is 113 Å². The molecule has 58 heavy (non-hydrogen) atoms. The maximum Gasteiger partial charge on any atom is 0.303 e. The van der Waals surface area contributed by atoms with Gasteiger partial charge >= 0.3 is 5.97 Å². The van der Waals surface area contributed by atoms with Crippen LogP contribution in [-0.4, -0.2) is 105 Å². The Hall–Kier alpha value is -2.00. The van der Waals surface area contributed by atoms with Crippen molar-refractivity contribution >= 4 is 11.8 Å². The van der Waals surface area contributed by atoms with E-state index in [-0.39, 0.29) is 48.7 Å². The smallest absolute Gasteiger partial charge is 0.303 e. The van der Waals surface area contributed by atoms with E-state index in [0.717, 1.165) is 12.8 Å². The van der Waals surface area contributed by atoms with Crippen LogP contribution in [0.5, 0.6) is 0 Å². The highest BCUT2D eigenvalue weighted by atomic mass is 16.7. The minimum absolute atomic E-state index is 0.00116. The molecule has 0 spiro atoms. The lowest BCUT2D eigenvalue weighted by Crippen LogP contribution is -2.47. The first-order valence-corrected chi connectivity index (χ1v) is 21.9. The molecule has 1 aliphatic rings. The topological polar surface area (TPSA) is 130 Å². The fourth-order valence-electron chi connectivity index (χ4n) is 7.33. The van der Waals surface area contributed by atoms with Crippen LogP contribution in [0, 0.1) is 11.8 Å². The highest BCUT2D eigenvalue weighted by Gasteiger charge is 2.49. The molecule has 0 aliphatic carbocycles. The first-order valence-electron chi connectivity index (χ1n) is 21.9. The Labute approximate surface area is 352 Å². The van der Waals surface area contributed by atoms with Gasteiger partial charge in [-0.1, -0.05) is 52.0 Å². The Morgan fingerprint density at radius 3 is 1.81 bits per heavy atom. The highest BCUT2D eigenvalue weighted by molar-refractivity contribution is 5.97. The van der Waals surface area contributed by atoms with Crippen molar-refractivity contribution in [1.29, 1.82) is 0 Å². The van der Waals surface area contributed by atoms with E-state index < -0.39 is 41.8 Å². The third kappa shape index (κ3) is 20.0. The molecule has 0 saturated carbocycles. The number of ether oxygens (including phenoxy) is 10. The second-order valence-electron chi connectivity index (χ2n) is 15.7. The largest absolute Gasteiger partial charge is 0.455 e. The lowest BCUT2D eigenvalue weighted by molar-refractivity contribution is -0.229. The lowest BCUT2D eigenvalue weighted by atomic mass is 9.89. The van der Waals surface area contributed by atoms with E-state index in [2.05, 4.69) is 20.8 Å². The maximum atomic E-state index is 13.7. The number of carbonyl (C=O) groups excluding carboxylic acids is 2. The number of allylic oxidation sites excluding steroid dienone is 4. The Morgan fingerprint density at radius 1 is 0.724 bits per heavy atom. The van der Waals surface area contributed by atoms with E-state index in [4.69, 9.17) is 47.4 Å². The number of carbonyl (C=O) groups is 2. The number of ketones is 1. The van der Waals surface area contributed by atoms with E-state index in [0.29, 0.717) is 51.3 Å². The van der Waals surface area contributed by atoms with Gasteiger partial charge in [0.25, 0.3) is 0 Å². The van der Waals surface area contributed by atoms with Gasteiger partial charge in [-0.25, -0.2) is 0 Å². The van der Waals surface area contributed by atoms with Crippen LogP contribution in [-0.2, 0) is 57.0 Å². The van der Waals surface area contributed by atoms with E-state index in [1.54, 1.807) is 25.2 Å². The molecule has 1 heterocycles. The summed E-state index contributed by atoms with van der Waals surface area (Å²) in [6.07, 6.45) is 9.96. The third-order valence-corrected chi connectivity index (χ3v) is 10.4. The molecule has 338 valence electrons. The molecule has 1 saturated heterocycles. The minimum Gasteiger partial charge on any atom is -0.455 e. The second kappa shape index (κ2) is 27.8. The minimum atomic E-state index is -0.990. The first-order chi connectivity index (χ1) is 27.3. The average molecular weight is 827 g/mol. The zero-order valence-corrected chi connectivity index (χ0v) is 39.0. The van der Waals surface area contributed by atoms with Crippen LogP contribution in [0.2, 0.25) is 0 Å². The van der Waals surface area contributed by atoms with Crippen molar-refractivity contribution in [3.8, 4) is 0 Å². The standard InChI is InChI=1S/C46H82O12/c1-17-39(54-35(11)49-19-3)27-29-46(16,58-38(14)52-22-6)42(53-34(10)47)26-25-32(8)43(48)31(7)24-23-28-45(15,57-37(13)51-21-5)30-41-44(56-41)33(9)40(18-2)55-36(12)50-20-4/h23-26,28,32-33,35-42,44H,17-22,27,29-30H2,1-16H3. The summed E-state index contributed by atoms with van der Waals surface area (Å²) in [7, 11) is 0. The molecule has 1 rings (SSSR count). The highest BCUT2D eigenvalue weighted by Crippen LogP contribution is 2.40. The van der Waals surface area contributed by atoms with Gasteiger partial charge in [0.2, 0.25) is 0 Å². The number of esters is 1. The molecule has 0 radical (unpaired) electrons. The number of epoxide rings is 1. The van der Waals surface area contributed by atoms with Gasteiger partial charge in [0, 0.05) is 51.6 Å². The van der Waals surface area contributed by atoms with Gasteiger partial charge in [-0.3, -0.25) is 9.59 Å². The van der Waals surface area contributed by atoms with Crippen LogP contribution in [0.3, 0.4) is 0 Å². The van der Waals surface area contributed by atoms with Crippen molar-refractivity contribution in [3.05, 3.63) is 36.0 Å². The molecule has 13 unspecified atom stereocenters. The van der Waals surface area contributed by atoms with Gasteiger partial charge in [0.1, 0.15) is 11.7 Å². The molecule has 0 aromatic rings. The predicted molar refractivity (Wildman–Crippen MR) is 227 cm³/mol. The van der Waals surface area contributed by atoms with Gasteiger partial charge in [-0.2, -0.15) is 0 Å². The summed E-state index contributed by atoms with van der Waals surface area (Å²) in [5.41, 5.74) is -1.16. The molecule has 1 aliphatic heterocycles. The normalized spacial score (nSPS) is 23.0. The van der Waals surface area contributed by atoms with Gasteiger partial charge in [0.05, 0.1) is 30.0 Å². The molecule has 13 atom stereocenters. The van der Waals surface area contributed by atoms with Crippen molar-refractivity contribution in [1.82, 2.24) is 0 Å². The van der Waals surface area contributed by atoms with Crippen molar-refractivity contribution in [2.24, 2.45) is 11.8 Å². The van der Waals surface area contributed by atoms with Crippen molar-refractivity contribution < 1.29 is 57.0 Å². The molecule has 0 amide bonds. The molecule has 0 bridgehead atoms. The zero-order valence-electron chi connectivity index (χ0n) is 39.0. The van der Waals surface area contributed by atoms with Gasteiger partial charge in [0.15, 0.2) is 30.9 Å².